The van der Waals surface area contributed by atoms with Gasteiger partial charge in [0.25, 0.3) is 0 Å². The summed E-state index contributed by atoms with van der Waals surface area (Å²) in [5, 5.41) is 8.76. The number of methoxy groups -OCH3 is 1. The van der Waals surface area contributed by atoms with Gasteiger partial charge in [0.15, 0.2) is 0 Å². The lowest BCUT2D eigenvalue weighted by Crippen LogP contribution is -2.44. The van der Waals surface area contributed by atoms with E-state index >= 15 is 0 Å². The van der Waals surface area contributed by atoms with Crippen LogP contribution in [0, 0.1) is 5.92 Å². The van der Waals surface area contributed by atoms with Gasteiger partial charge in [0.05, 0.1) is 12.7 Å². The molecule has 1 saturated heterocycles. The summed E-state index contributed by atoms with van der Waals surface area (Å²) in [6.45, 7) is 5.33. The fourth-order valence-electron chi connectivity index (χ4n) is 1.75. The first-order chi connectivity index (χ1) is 5.77. The molecule has 0 aromatic heterocycles. The Labute approximate surface area is 74.3 Å². The van der Waals surface area contributed by atoms with Crippen molar-refractivity contribution in [2.24, 2.45) is 5.92 Å². The topological polar surface area (TPSA) is 32.7 Å². The zero-order valence-electron chi connectivity index (χ0n) is 7.99. The molecular formula is C9H19NO2. The van der Waals surface area contributed by atoms with E-state index in [0.717, 1.165) is 19.6 Å². The number of ether oxygens (including phenoxy) is 1. The summed E-state index contributed by atoms with van der Waals surface area (Å²) in [7, 11) is 1.77. The highest BCUT2D eigenvalue weighted by Crippen LogP contribution is 2.18. The largest absolute Gasteiger partial charge is 0.395 e. The number of likely N-dealkylation sites (tertiary alicyclic amines) is 1. The first-order valence-corrected chi connectivity index (χ1v) is 4.64. The molecule has 0 spiro atoms. The van der Waals surface area contributed by atoms with Gasteiger partial charge in [-0.15, -0.1) is 0 Å². The minimum atomic E-state index is 0.255. The van der Waals surface area contributed by atoms with Crippen molar-refractivity contribution in [3.8, 4) is 0 Å². The first-order valence-electron chi connectivity index (χ1n) is 4.64. The molecule has 1 aliphatic heterocycles. The summed E-state index contributed by atoms with van der Waals surface area (Å²) >= 11 is 0. The molecule has 0 amide bonds. The van der Waals surface area contributed by atoms with Crippen LogP contribution in [0.5, 0.6) is 0 Å². The number of piperidine rings is 1. The van der Waals surface area contributed by atoms with Crippen LogP contribution >= 0.6 is 0 Å². The summed E-state index contributed by atoms with van der Waals surface area (Å²) in [5.41, 5.74) is 0. The van der Waals surface area contributed by atoms with Crippen molar-refractivity contribution in [1.82, 2.24) is 4.90 Å². The van der Waals surface area contributed by atoms with Crippen LogP contribution < -0.4 is 0 Å². The van der Waals surface area contributed by atoms with Gasteiger partial charge in [0.2, 0.25) is 0 Å². The lowest BCUT2D eigenvalue weighted by atomic mass is 9.96. The molecule has 0 aromatic rings. The van der Waals surface area contributed by atoms with Crippen LogP contribution in [0.25, 0.3) is 0 Å². The van der Waals surface area contributed by atoms with Gasteiger partial charge in [-0.3, -0.25) is 4.90 Å². The molecule has 72 valence electrons. The van der Waals surface area contributed by atoms with Crippen molar-refractivity contribution in [2.75, 3.05) is 33.4 Å². The molecule has 2 unspecified atom stereocenters. The highest BCUT2D eigenvalue weighted by molar-refractivity contribution is 4.77. The molecule has 0 bridgehead atoms. The number of nitrogens with zero attached hydrogens (tertiary/aromatic N) is 1. The maximum absolute atomic E-state index is 8.76. The standard InChI is InChI=1S/C9H19NO2/c1-8-3-4-10(5-6-11)7-9(8)12-2/h8-9,11H,3-7H2,1-2H3. The Morgan fingerprint density at radius 2 is 2.33 bits per heavy atom. The Balaban J connectivity index is 2.33. The number of rotatable bonds is 3. The monoisotopic (exact) mass is 173 g/mol. The Bertz CT molecular complexity index is 130. The number of hydrogen-bond donors (Lipinski definition) is 1. The lowest BCUT2D eigenvalue weighted by molar-refractivity contribution is -0.00878. The first kappa shape index (κ1) is 9.96. The third kappa shape index (κ3) is 2.44. The highest BCUT2D eigenvalue weighted by atomic mass is 16.5. The van der Waals surface area contributed by atoms with Gasteiger partial charge in [0, 0.05) is 20.2 Å². The van der Waals surface area contributed by atoms with Gasteiger partial charge >= 0.3 is 0 Å². The van der Waals surface area contributed by atoms with Crippen LogP contribution in [-0.2, 0) is 4.74 Å². The fourth-order valence-corrected chi connectivity index (χ4v) is 1.75. The van der Waals surface area contributed by atoms with Crippen LogP contribution in [-0.4, -0.2) is 49.5 Å². The Kier molecular flexibility index (Phi) is 3.98. The van der Waals surface area contributed by atoms with Crippen molar-refractivity contribution in [3.63, 3.8) is 0 Å². The van der Waals surface area contributed by atoms with Crippen molar-refractivity contribution in [1.29, 1.82) is 0 Å². The molecule has 12 heavy (non-hydrogen) atoms. The van der Waals surface area contributed by atoms with Crippen LogP contribution in [0.3, 0.4) is 0 Å². The number of hydrogen-bond acceptors (Lipinski definition) is 3. The molecule has 0 aliphatic carbocycles. The Morgan fingerprint density at radius 3 is 2.92 bits per heavy atom. The van der Waals surface area contributed by atoms with Gasteiger partial charge in [-0.1, -0.05) is 6.92 Å². The second-order valence-electron chi connectivity index (χ2n) is 3.56. The van der Waals surface area contributed by atoms with E-state index in [9.17, 15) is 0 Å². The summed E-state index contributed by atoms with van der Waals surface area (Å²) in [6.07, 6.45) is 1.53. The van der Waals surface area contributed by atoms with Crippen molar-refractivity contribution in [3.05, 3.63) is 0 Å². The van der Waals surface area contributed by atoms with Crippen LogP contribution in [0.4, 0.5) is 0 Å². The molecule has 3 heteroatoms. The number of aliphatic hydroxyl groups excluding tert-OH is 1. The van der Waals surface area contributed by atoms with Crippen LogP contribution in [0.2, 0.25) is 0 Å². The molecule has 0 saturated carbocycles. The van der Waals surface area contributed by atoms with E-state index in [1.807, 2.05) is 0 Å². The second kappa shape index (κ2) is 4.80. The molecule has 1 N–H and O–H groups in total. The smallest absolute Gasteiger partial charge is 0.0724 e. The van der Waals surface area contributed by atoms with E-state index in [4.69, 9.17) is 9.84 Å². The van der Waals surface area contributed by atoms with Gasteiger partial charge in [-0.2, -0.15) is 0 Å². The fraction of sp³-hybridized carbons (Fsp3) is 1.00. The Hall–Kier alpha value is -0.120. The zero-order valence-corrected chi connectivity index (χ0v) is 7.99. The molecule has 3 nitrogen and oxygen atoms in total. The Morgan fingerprint density at radius 1 is 1.58 bits per heavy atom. The van der Waals surface area contributed by atoms with Crippen molar-refractivity contribution in [2.45, 2.75) is 19.4 Å². The van der Waals surface area contributed by atoms with E-state index in [-0.39, 0.29) is 6.61 Å². The molecule has 0 aromatic carbocycles. The average molecular weight is 173 g/mol. The third-order valence-electron chi connectivity index (χ3n) is 2.69. The quantitative estimate of drug-likeness (QED) is 0.668. The summed E-state index contributed by atoms with van der Waals surface area (Å²) in [5.74, 6) is 0.657. The molecule has 1 fully saturated rings. The molecule has 1 heterocycles. The predicted octanol–water partition coefficient (Wildman–Crippen LogP) is 0.335. The minimum Gasteiger partial charge on any atom is -0.395 e. The van der Waals surface area contributed by atoms with E-state index in [2.05, 4.69) is 11.8 Å². The van der Waals surface area contributed by atoms with E-state index in [1.165, 1.54) is 6.42 Å². The highest BCUT2D eigenvalue weighted by Gasteiger charge is 2.25. The SMILES string of the molecule is COC1CN(CCO)CCC1C. The normalized spacial score (nSPS) is 32.2. The van der Waals surface area contributed by atoms with Gasteiger partial charge in [-0.25, -0.2) is 0 Å². The second-order valence-corrected chi connectivity index (χ2v) is 3.56. The molecule has 0 radical (unpaired) electrons. The van der Waals surface area contributed by atoms with E-state index < -0.39 is 0 Å². The zero-order chi connectivity index (χ0) is 8.97. The van der Waals surface area contributed by atoms with Crippen molar-refractivity contribution >= 4 is 0 Å². The van der Waals surface area contributed by atoms with Crippen LogP contribution in [0.15, 0.2) is 0 Å². The maximum Gasteiger partial charge on any atom is 0.0724 e. The molecule has 2 atom stereocenters. The average Bonchev–Trinajstić information content (AvgIpc) is 2.09. The minimum absolute atomic E-state index is 0.255. The summed E-state index contributed by atoms with van der Waals surface area (Å²) in [4.78, 5) is 2.26. The molecular weight excluding hydrogens is 154 g/mol. The maximum atomic E-state index is 8.76. The number of aliphatic hydroxyl groups is 1. The third-order valence-corrected chi connectivity index (χ3v) is 2.69. The molecule has 1 rings (SSSR count). The summed E-state index contributed by atoms with van der Waals surface area (Å²) < 4.78 is 5.36. The predicted molar refractivity (Wildman–Crippen MR) is 48.1 cm³/mol. The lowest BCUT2D eigenvalue weighted by Gasteiger charge is -2.35. The van der Waals surface area contributed by atoms with Crippen molar-refractivity contribution < 1.29 is 9.84 Å². The van der Waals surface area contributed by atoms with E-state index in [1.54, 1.807) is 7.11 Å². The van der Waals surface area contributed by atoms with Gasteiger partial charge in [-0.05, 0) is 18.9 Å². The van der Waals surface area contributed by atoms with Gasteiger partial charge < -0.3 is 9.84 Å². The summed E-state index contributed by atoms with van der Waals surface area (Å²) in [6, 6.07) is 0. The molecule has 1 aliphatic rings. The van der Waals surface area contributed by atoms with E-state index in [0.29, 0.717) is 12.0 Å². The van der Waals surface area contributed by atoms with Crippen LogP contribution in [0.1, 0.15) is 13.3 Å². The van der Waals surface area contributed by atoms with Gasteiger partial charge in [0.1, 0.15) is 0 Å². The number of β-amino-alcohol motifs (C(OH)–C–C–N with tert-alkyl or cyclic N) is 1.